The molecular weight excluding hydrogens is 223 g/mol. The molecule has 3 N–H and O–H groups in total. The molecule has 0 heterocycles. The van der Waals surface area contributed by atoms with Gasteiger partial charge >= 0.3 is 0 Å². The molecule has 0 aromatic heterocycles. The molecule has 92 valence electrons. The number of hydrogen-bond donors (Lipinski definition) is 2. The third kappa shape index (κ3) is 2.61. The van der Waals surface area contributed by atoms with E-state index in [0.717, 1.165) is 6.07 Å². The van der Waals surface area contributed by atoms with Gasteiger partial charge in [-0.2, -0.15) is 0 Å². The molecule has 0 aliphatic rings. The molecule has 1 rings (SSSR count). The van der Waals surface area contributed by atoms with Crippen molar-refractivity contribution < 1.29 is 14.0 Å². The standard InChI is InChI=1S/C12H15FN2O2/c1-12(2,11(17)15-3)8-4-7(10(14)16)5-9(13)6-8/h4-6H,1-3H3,(H2,14,16)(H,15,17). The fourth-order valence-electron chi connectivity index (χ4n) is 1.54. The van der Waals surface area contributed by atoms with E-state index >= 15 is 0 Å². The minimum absolute atomic E-state index is 0.0528. The number of nitrogens with one attached hydrogen (secondary N) is 1. The zero-order chi connectivity index (χ0) is 13.2. The molecule has 0 aliphatic heterocycles. The Kier molecular flexibility index (Phi) is 3.50. The van der Waals surface area contributed by atoms with Gasteiger partial charge in [0.05, 0.1) is 5.41 Å². The summed E-state index contributed by atoms with van der Waals surface area (Å²) in [5.74, 6) is -1.58. The molecule has 0 fully saturated rings. The second-order valence-corrected chi connectivity index (χ2v) is 4.30. The summed E-state index contributed by atoms with van der Waals surface area (Å²) in [5.41, 5.74) is 4.63. The second-order valence-electron chi connectivity index (χ2n) is 4.30. The number of hydrogen-bond acceptors (Lipinski definition) is 2. The van der Waals surface area contributed by atoms with Crippen LogP contribution in [0.3, 0.4) is 0 Å². The molecule has 0 unspecified atom stereocenters. The minimum Gasteiger partial charge on any atom is -0.366 e. The first kappa shape index (κ1) is 13.2. The van der Waals surface area contributed by atoms with Crippen molar-refractivity contribution in [2.45, 2.75) is 19.3 Å². The van der Waals surface area contributed by atoms with Gasteiger partial charge < -0.3 is 11.1 Å². The molecule has 0 bridgehead atoms. The monoisotopic (exact) mass is 238 g/mol. The van der Waals surface area contributed by atoms with Crippen LogP contribution in [0.4, 0.5) is 4.39 Å². The van der Waals surface area contributed by atoms with E-state index in [1.165, 1.54) is 19.2 Å². The van der Waals surface area contributed by atoms with E-state index in [4.69, 9.17) is 5.73 Å². The fourth-order valence-corrected chi connectivity index (χ4v) is 1.54. The van der Waals surface area contributed by atoms with E-state index in [9.17, 15) is 14.0 Å². The first-order valence-corrected chi connectivity index (χ1v) is 5.12. The fraction of sp³-hybridized carbons (Fsp3) is 0.333. The van der Waals surface area contributed by atoms with E-state index in [-0.39, 0.29) is 11.5 Å². The van der Waals surface area contributed by atoms with Gasteiger partial charge in [-0.05, 0) is 37.6 Å². The SMILES string of the molecule is CNC(=O)C(C)(C)c1cc(F)cc(C(N)=O)c1. The summed E-state index contributed by atoms with van der Waals surface area (Å²) in [7, 11) is 1.50. The summed E-state index contributed by atoms with van der Waals surface area (Å²) >= 11 is 0. The largest absolute Gasteiger partial charge is 0.366 e. The van der Waals surface area contributed by atoms with Crippen LogP contribution in [0.1, 0.15) is 29.8 Å². The van der Waals surface area contributed by atoms with Crippen molar-refractivity contribution in [3.8, 4) is 0 Å². The van der Waals surface area contributed by atoms with Crippen LogP contribution in [0.5, 0.6) is 0 Å². The van der Waals surface area contributed by atoms with Gasteiger partial charge in [0.1, 0.15) is 5.82 Å². The maximum atomic E-state index is 13.3. The Morgan fingerprint density at radius 3 is 2.35 bits per heavy atom. The van der Waals surface area contributed by atoms with Crippen LogP contribution in [0.2, 0.25) is 0 Å². The van der Waals surface area contributed by atoms with Crippen molar-refractivity contribution in [2.24, 2.45) is 5.73 Å². The van der Waals surface area contributed by atoms with Crippen LogP contribution in [-0.4, -0.2) is 18.9 Å². The first-order valence-electron chi connectivity index (χ1n) is 5.12. The van der Waals surface area contributed by atoms with Crippen molar-refractivity contribution in [1.82, 2.24) is 5.32 Å². The van der Waals surface area contributed by atoms with Gasteiger partial charge in [-0.3, -0.25) is 9.59 Å². The van der Waals surface area contributed by atoms with Gasteiger partial charge in [-0.1, -0.05) is 0 Å². The van der Waals surface area contributed by atoms with E-state index in [1.807, 2.05) is 0 Å². The highest BCUT2D eigenvalue weighted by Crippen LogP contribution is 2.25. The number of carbonyl (C=O) groups is 2. The first-order chi connectivity index (χ1) is 7.78. The number of primary amides is 1. The summed E-state index contributed by atoms with van der Waals surface area (Å²) < 4.78 is 13.3. The summed E-state index contributed by atoms with van der Waals surface area (Å²) in [5, 5.41) is 2.49. The van der Waals surface area contributed by atoms with Crippen LogP contribution in [0.25, 0.3) is 0 Å². The molecule has 2 amide bonds. The maximum absolute atomic E-state index is 13.3. The molecule has 0 atom stereocenters. The number of rotatable bonds is 3. The molecule has 0 spiro atoms. The highest BCUT2D eigenvalue weighted by molar-refractivity contribution is 5.94. The quantitative estimate of drug-likeness (QED) is 0.822. The number of likely N-dealkylation sites (N-methyl/N-ethyl adjacent to an activating group) is 1. The lowest BCUT2D eigenvalue weighted by atomic mass is 9.83. The summed E-state index contributed by atoms with van der Waals surface area (Å²) in [6, 6.07) is 3.70. The Morgan fingerprint density at radius 1 is 1.29 bits per heavy atom. The Balaban J connectivity index is 3.31. The topological polar surface area (TPSA) is 72.2 Å². The average molecular weight is 238 g/mol. The Morgan fingerprint density at radius 2 is 1.88 bits per heavy atom. The highest BCUT2D eigenvalue weighted by Gasteiger charge is 2.29. The van der Waals surface area contributed by atoms with Crippen molar-refractivity contribution in [2.75, 3.05) is 7.05 Å². The van der Waals surface area contributed by atoms with Gasteiger partial charge in [0, 0.05) is 12.6 Å². The van der Waals surface area contributed by atoms with Gasteiger partial charge in [-0.15, -0.1) is 0 Å². The van der Waals surface area contributed by atoms with Crippen LogP contribution in [0.15, 0.2) is 18.2 Å². The van der Waals surface area contributed by atoms with E-state index < -0.39 is 17.1 Å². The Hall–Kier alpha value is -1.91. The number of nitrogens with two attached hydrogens (primary N) is 1. The lowest BCUT2D eigenvalue weighted by molar-refractivity contribution is -0.125. The third-order valence-electron chi connectivity index (χ3n) is 2.70. The molecule has 4 nitrogen and oxygen atoms in total. The van der Waals surface area contributed by atoms with Crippen molar-refractivity contribution in [3.05, 3.63) is 35.1 Å². The third-order valence-corrected chi connectivity index (χ3v) is 2.70. The molecule has 5 heteroatoms. The maximum Gasteiger partial charge on any atom is 0.248 e. The summed E-state index contributed by atoms with van der Waals surface area (Å²) in [6.07, 6.45) is 0. The van der Waals surface area contributed by atoms with E-state index in [1.54, 1.807) is 13.8 Å². The normalized spacial score (nSPS) is 11.1. The van der Waals surface area contributed by atoms with Crippen molar-refractivity contribution in [1.29, 1.82) is 0 Å². The molecule has 0 saturated heterocycles. The second kappa shape index (κ2) is 4.53. The summed E-state index contributed by atoms with van der Waals surface area (Å²) in [4.78, 5) is 22.7. The van der Waals surface area contributed by atoms with Crippen LogP contribution in [0, 0.1) is 5.82 Å². The van der Waals surface area contributed by atoms with E-state index in [2.05, 4.69) is 5.32 Å². The molecule has 0 aliphatic carbocycles. The molecule has 0 radical (unpaired) electrons. The zero-order valence-corrected chi connectivity index (χ0v) is 10.0. The molecule has 1 aromatic rings. The molecule has 17 heavy (non-hydrogen) atoms. The number of halogens is 1. The Labute approximate surface area is 99.0 Å². The predicted octanol–water partition coefficient (Wildman–Crippen LogP) is 0.948. The zero-order valence-electron chi connectivity index (χ0n) is 10.0. The van der Waals surface area contributed by atoms with Gasteiger partial charge in [-0.25, -0.2) is 4.39 Å². The van der Waals surface area contributed by atoms with E-state index in [0.29, 0.717) is 5.56 Å². The lowest BCUT2D eigenvalue weighted by Gasteiger charge is -2.23. The molecule has 0 saturated carbocycles. The highest BCUT2D eigenvalue weighted by atomic mass is 19.1. The van der Waals surface area contributed by atoms with Gasteiger partial charge in [0.25, 0.3) is 0 Å². The smallest absolute Gasteiger partial charge is 0.248 e. The van der Waals surface area contributed by atoms with Crippen molar-refractivity contribution >= 4 is 11.8 Å². The summed E-state index contributed by atoms with van der Waals surface area (Å²) in [6.45, 7) is 3.29. The van der Waals surface area contributed by atoms with Crippen molar-refractivity contribution in [3.63, 3.8) is 0 Å². The predicted molar refractivity (Wildman–Crippen MR) is 62.0 cm³/mol. The van der Waals surface area contributed by atoms with Crippen LogP contribution >= 0.6 is 0 Å². The number of benzene rings is 1. The minimum atomic E-state index is -0.930. The number of amides is 2. The molecule has 1 aromatic carbocycles. The molecular formula is C12H15FN2O2. The van der Waals surface area contributed by atoms with Gasteiger partial charge in [0.15, 0.2) is 0 Å². The van der Waals surface area contributed by atoms with Gasteiger partial charge in [0.2, 0.25) is 11.8 Å². The van der Waals surface area contributed by atoms with Crippen LogP contribution in [-0.2, 0) is 10.2 Å². The lowest BCUT2D eigenvalue weighted by Crippen LogP contribution is -2.38. The van der Waals surface area contributed by atoms with Crippen LogP contribution < -0.4 is 11.1 Å². The average Bonchev–Trinajstić information content (AvgIpc) is 2.26. The number of carbonyl (C=O) groups excluding carboxylic acids is 2. The Bertz CT molecular complexity index is 470.